The minimum atomic E-state index is -0.0644. The summed E-state index contributed by atoms with van der Waals surface area (Å²) in [5.74, 6) is 0.983. The Morgan fingerprint density at radius 1 is 1.45 bits per heavy atom. The molecule has 0 aromatic heterocycles. The molecule has 1 amide bonds. The highest BCUT2D eigenvalue weighted by Gasteiger charge is 2.27. The van der Waals surface area contributed by atoms with Crippen LogP contribution >= 0.6 is 0 Å². The molecule has 20 heavy (non-hydrogen) atoms. The third-order valence-electron chi connectivity index (χ3n) is 3.50. The Labute approximate surface area is 120 Å². The molecule has 110 valence electrons. The van der Waals surface area contributed by atoms with Crippen molar-refractivity contribution in [2.75, 3.05) is 39.8 Å². The molecular formula is C15H23N3O2. The van der Waals surface area contributed by atoms with E-state index in [0.717, 1.165) is 38.3 Å². The van der Waals surface area contributed by atoms with Gasteiger partial charge >= 0.3 is 0 Å². The summed E-state index contributed by atoms with van der Waals surface area (Å²) < 4.78 is 5.68. The lowest BCUT2D eigenvalue weighted by Gasteiger charge is -2.34. The number of hydrogen-bond acceptors (Lipinski definition) is 4. The third-order valence-corrected chi connectivity index (χ3v) is 3.50. The number of likely N-dealkylation sites (N-methyl/N-ethyl adjacent to an activating group) is 1. The van der Waals surface area contributed by atoms with Crippen LogP contribution in [0.5, 0.6) is 5.75 Å². The second-order valence-electron chi connectivity index (χ2n) is 4.89. The Balaban J connectivity index is 1.73. The van der Waals surface area contributed by atoms with Crippen LogP contribution in [0.15, 0.2) is 30.3 Å². The van der Waals surface area contributed by atoms with Crippen LogP contribution in [-0.2, 0) is 4.79 Å². The van der Waals surface area contributed by atoms with Gasteiger partial charge in [0.05, 0.1) is 6.61 Å². The van der Waals surface area contributed by atoms with Gasteiger partial charge in [-0.3, -0.25) is 9.69 Å². The van der Waals surface area contributed by atoms with Gasteiger partial charge in [-0.05, 0) is 18.6 Å². The molecule has 0 aliphatic carbocycles. The molecule has 1 aliphatic rings. The molecular weight excluding hydrogens is 254 g/mol. The van der Waals surface area contributed by atoms with Gasteiger partial charge in [-0.25, -0.2) is 0 Å². The lowest BCUT2D eigenvalue weighted by Crippen LogP contribution is -2.57. The minimum absolute atomic E-state index is 0.0644. The minimum Gasteiger partial charge on any atom is -0.494 e. The zero-order chi connectivity index (χ0) is 14.2. The molecule has 1 aromatic carbocycles. The van der Waals surface area contributed by atoms with Gasteiger partial charge in [0.2, 0.25) is 5.91 Å². The van der Waals surface area contributed by atoms with Crippen LogP contribution in [0.4, 0.5) is 0 Å². The van der Waals surface area contributed by atoms with Crippen molar-refractivity contribution in [2.24, 2.45) is 0 Å². The molecule has 0 spiro atoms. The third kappa shape index (κ3) is 4.21. The fourth-order valence-electron chi connectivity index (χ4n) is 2.41. The smallest absolute Gasteiger partial charge is 0.238 e. The number of para-hydroxylation sites is 1. The van der Waals surface area contributed by atoms with E-state index in [1.54, 1.807) is 7.05 Å². The first-order chi connectivity index (χ1) is 9.81. The largest absolute Gasteiger partial charge is 0.494 e. The molecule has 2 rings (SSSR count). The van der Waals surface area contributed by atoms with Crippen LogP contribution in [0, 0.1) is 0 Å². The number of rotatable bonds is 6. The van der Waals surface area contributed by atoms with Gasteiger partial charge in [0.25, 0.3) is 0 Å². The van der Waals surface area contributed by atoms with Crippen molar-refractivity contribution < 1.29 is 9.53 Å². The quantitative estimate of drug-likeness (QED) is 0.743. The van der Waals surface area contributed by atoms with Crippen molar-refractivity contribution >= 4 is 5.91 Å². The van der Waals surface area contributed by atoms with Crippen LogP contribution in [0.1, 0.15) is 6.42 Å². The van der Waals surface area contributed by atoms with Crippen molar-refractivity contribution in [2.45, 2.75) is 12.5 Å². The first-order valence-corrected chi connectivity index (χ1v) is 7.15. The van der Waals surface area contributed by atoms with Gasteiger partial charge in [0.15, 0.2) is 0 Å². The van der Waals surface area contributed by atoms with Crippen molar-refractivity contribution in [3.8, 4) is 5.75 Å². The second-order valence-corrected chi connectivity index (χ2v) is 4.89. The average Bonchev–Trinajstić information content (AvgIpc) is 2.52. The summed E-state index contributed by atoms with van der Waals surface area (Å²) in [4.78, 5) is 14.0. The number of carbonyl (C=O) groups is 1. The summed E-state index contributed by atoms with van der Waals surface area (Å²) in [5, 5.41) is 5.99. The van der Waals surface area contributed by atoms with Crippen LogP contribution in [0.25, 0.3) is 0 Å². The highest BCUT2D eigenvalue weighted by Crippen LogP contribution is 2.09. The number of nitrogens with zero attached hydrogens (tertiary/aromatic N) is 1. The predicted molar refractivity (Wildman–Crippen MR) is 78.9 cm³/mol. The molecule has 1 heterocycles. The summed E-state index contributed by atoms with van der Waals surface area (Å²) in [6.07, 6.45) is 0.919. The molecule has 5 heteroatoms. The van der Waals surface area contributed by atoms with E-state index in [9.17, 15) is 4.79 Å². The zero-order valence-electron chi connectivity index (χ0n) is 12.0. The predicted octanol–water partition coefficient (Wildman–Crippen LogP) is 0.475. The topological polar surface area (TPSA) is 53.6 Å². The van der Waals surface area contributed by atoms with E-state index in [4.69, 9.17) is 4.74 Å². The maximum absolute atomic E-state index is 11.8. The molecule has 0 radical (unpaired) electrons. The van der Waals surface area contributed by atoms with Gasteiger partial charge in [0, 0.05) is 33.2 Å². The number of benzene rings is 1. The highest BCUT2D eigenvalue weighted by atomic mass is 16.5. The molecule has 0 bridgehead atoms. The fraction of sp³-hybridized carbons (Fsp3) is 0.533. The molecule has 2 N–H and O–H groups in total. The van der Waals surface area contributed by atoms with Crippen LogP contribution in [-0.4, -0.2) is 56.7 Å². The van der Waals surface area contributed by atoms with E-state index in [0.29, 0.717) is 6.61 Å². The van der Waals surface area contributed by atoms with Crippen molar-refractivity contribution in [1.82, 2.24) is 15.5 Å². The molecule has 1 unspecified atom stereocenters. The Hall–Kier alpha value is -1.59. The molecule has 1 fully saturated rings. The summed E-state index contributed by atoms with van der Waals surface area (Å²) in [6.45, 7) is 4.12. The lowest BCUT2D eigenvalue weighted by molar-refractivity contribution is -0.126. The Morgan fingerprint density at radius 3 is 3.00 bits per heavy atom. The fourth-order valence-corrected chi connectivity index (χ4v) is 2.41. The van der Waals surface area contributed by atoms with Gasteiger partial charge < -0.3 is 15.4 Å². The standard InChI is InChI=1S/C15H23N3O2/c1-16-15(19)14-12-17-8-10-18(14)9-5-11-20-13-6-3-2-4-7-13/h2-4,6-7,14,17H,5,8-12H2,1H3,(H,16,19). The molecule has 1 aliphatic heterocycles. The number of hydrogen-bond donors (Lipinski definition) is 2. The zero-order valence-corrected chi connectivity index (χ0v) is 12.0. The van der Waals surface area contributed by atoms with Gasteiger partial charge in [-0.2, -0.15) is 0 Å². The van der Waals surface area contributed by atoms with E-state index in [1.807, 2.05) is 30.3 Å². The van der Waals surface area contributed by atoms with Crippen LogP contribution in [0.3, 0.4) is 0 Å². The van der Waals surface area contributed by atoms with Gasteiger partial charge in [-0.15, -0.1) is 0 Å². The van der Waals surface area contributed by atoms with Crippen molar-refractivity contribution in [3.63, 3.8) is 0 Å². The van der Waals surface area contributed by atoms with E-state index in [2.05, 4.69) is 15.5 Å². The number of nitrogens with one attached hydrogen (secondary N) is 2. The number of amides is 1. The number of piperazine rings is 1. The molecule has 1 atom stereocenters. The summed E-state index contributed by atoms with van der Waals surface area (Å²) in [5.41, 5.74) is 0. The van der Waals surface area contributed by atoms with Gasteiger partial charge in [-0.1, -0.05) is 18.2 Å². The first-order valence-electron chi connectivity index (χ1n) is 7.15. The lowest BCUT2D eigenvalue weighted by atomic mass is 10.1. The molecule has 1 saturated heterocycles. The molecule has 5 nitrogen and oxygen atoms in total. The number of carbonyl (C=O) groups excluding carboxylic acids is 1. The molecule has 1 aromatic rings. The van der Waals surface area contributed by atoms with Crippen LogP contribution < -0.4 is 15.4 Å². The Kier molecular flexibility index (Phi) is 5.83. The maximum atomic E-state index is 11.8. The maximum Gasteiger partial charge on any atom is 0.238 e. The first kappa shape index (κ1) is 14.8. The van der Waals surface area contributed by atoms with Crippen LogP contribution in [0.2, 0.25) is 0 Å². The van der Waals surface area contributed by atoms with E-state index < -0.39 is 0 Å². The van der Waals surface area contributed by atoms with Crippen molar-refractivity contribution in [1.29, 1.82) is 0 Å². The normalized spacial score (nSPS) is 19.6. The summed E-state index contributed by atoms with van der Waals surface area (Å²) >= 11 is 0. The Morgan fingerprint density at radius 2 is 2.25 bits per heavy atom. The monoisotopic (exact) mass is 277 g/mol. The van der Waals surface area contributed by atoms with E-state index >= 15 is 0 Å². The number of ether oxygens (including phenoxy) is 1. The second kappa shape index (κ2) is 7.87. The van der Waals surface area contributed by atoms with E-state index in [1.165, 1.54) is 0 Å². The SMILES string of the molecule is CNC(=O)C1CNCCN1CCCOc1ccccc1. The Bertz CT molecular complexity index is 411. The van der Waals surface area contributed by atoms with Crippen molar-refractivity contribution in [3.05, 3.63) is 30.3 Å². The molecule has 0 saturated carbocycles. The van der Waals surface area contributed by atoms with Gasteiger partial charge in [0.1, 0.15) is 11.8 Å². The average molecular weight is 277 g/mol. The summed E-state index contributed by atoms with van der Waals surface area (Å²) in [7, 11) is 1.69. The summed E-state index contributed by atoms with van der Waals surface area (Å²) in [6, 6.07) is 9.75. The van der Waals surface area contributed by atoms with E-state index in [-0.39, 0.29) is 11.9 Å². The highest BCUT2D eigenvalue weighted by molar-refractivity contribution is 5.81.